The molecule has 0 saturated carbocycles. The van der Waals surface area contributed by atoms with Gasteiger partial charge in [-0.1, -0.05) is 188 Å². The molecule has 0 saturated heterocycles. The van der Waals surface area contributed by atoms with Gasteiger partial charge in [0.05, 0.1) is 22.1 Å². The Hall–Kier alpha value is -9.97. The van der Waals surface area contributed by atoms with Crippen LogP contribution in [0.15, 0.2) is 261 Å². The minimum absolute atomic E-state index is 0.630. The van der Waals surface area contributed by atoms with Crippen LogP contribution in [0, 0.1) is 0 Å². The van der Waals surface area contributed by atoms with E-state index < -0.39 is 0 Å². The van der Waals surface area contributed by atoms with Crippen LogP contribution in [0.25, 0.3) is 144 Å². The second-order valence-electron chi connectivity index (χ2n) is 19.1. The van der Waals surface area contributed by atoms with E-state index in [2.05, 4.69) is 234 Å². The van der Waals surface area contributed by atoms with E-state index >= 15 is 0 Å². The summed E-state index contributed by atoms with van der Waals surface area (Å²) in [4.78, 5) is 15.7. The number of hydrogen-bond donors (Lipinski definition) is 0. The van der Waals surface area contributed by atoms with Crippen molar-refractivity contribution in [3.8, 4) is 67.8 Å². The average molecular weight is 942 g/mol. The minimum atomic E-state index is 0.630. The van der Waals surface area contributed by atoms with Crippen LogP contribution in [0.4, 0.5) is 0 Å². The van der Waals surface area contributed by atoms with Gasteiger partial charge >= 0.3 is 0 Å². The Kier molecular flexibility index (Phi) is 9.50. The van der Waals surface area contributed by atoms with Gasteiger partial charge < -0.3 is 9.13 Å². The van der Waals surface area contributed by atoms with Crippen molar-refractivity contribution >= 4 is 75.9 Å². The predicted octanol–water partition coefficient (Wildman–Crippen LogP) is 17.9. The molecular weight excluding hydrogens is 899 g/mol. The van der Waals surface area contributed by atoms with E-state index in [1.165, 1.54) is 65.4 Å². The van der Waals surface area contributed by atoms with Gasteiger partial charge in [-0.05, 0) is 122 Å². The fourth-order valence-corrected chi connectivity index (χ4v) is 11.5. The highest BCUT2D eigenvalue weighted by molar-refractivity contribution is 6.29. The largest absolute Gasteiger partial charge is 0.309 e. The molecule has 0 amide bonds. The molecule has 0 aliphatic rings. The molecule has 0 fully saturated rings. The Labute approximate surface area is 426 Å². The van der Waals surface area contributed by atoms with Crippen LogP contribution in [0.2, 0.25) is 0 Å². The Morgan fingerprint density at radius 1 is 0.216 bits per heavy atom. The number of aromatic nitrogens is 5. The third-order valence-electron chi connectivity index (χ3n) is 14.9. The predicted molar refractivity (Wildman–Crippen MR) is 308 cm³/mol. The van der Waals surface area contributed by atoms with Crippen molar-refractivity contribution < 1.29 is 0 Å². The van der Waals surface area contributed by atoms with Crippen LogP contribution >= 0.6 is 0 Å². The first-order valence-corrected chi connectivity index (χ1v) is 25.2. The summed E-state index contributed by atoms with van der Waals surface area (Å²) < 4.78 is 4.78. The highest BCUT2D eigenvalue weighted by Crippen LogP contribution is 2.44. The first kappa shape index (κ1) is 41.8. The van der Waals surface area contributed by atoms with Crippen molar-refractivity contribution in [3.05, 3.63) is 261 Å². The van der Waals surface area contributed by atoms with Gasteiger partial charge in [0.15, 0.2) is 17.5 Å². The SMILES string of the molecule is c1ccc(-c2nc(-c3ccccc3)nc(-c3cc(-c4ccc(-n5c6ccccc6c6cc(-c7ccc8c(c7)c7ccccc7n8-c7ccccc7)ccc65)cc4)cc4c5ccccc5c5ccccc5c34)n2)cc1. The molecule has 15 aromatic rings. The zero-order valence-electron chi connectivity index (χ0n) is 40.1. The van der Waals surface area contributed by atoms with Crippen LogP contribution in [0.3, 0.4) is 0 Å². The molecule has 12 aromatic carbocycles. The van der Waals surface area contributed by atoms with Crippen LogP contribution in [-0.4, -0.2) is 24.1 Å². The van der Waals surface area contributed by atoms with Gasteiger partial charge in [0.1, 0.15) is 0 Å². The summed E-state index contributed by atoms with van der Waals surface area (Å²) in [6, 6.07) is 93.6. The van der Waals surface area contributed by atoms with Gasteiger partial charge in [-0.2, -0.15) is 0 Å². The maximum atomic E-state index is 5.31. The molecule has 0 atom stereocenters. The molecule has 344 valence electrons. The molecule has 3 heterocycles. The van der Waals surface area contributed by atoms with Gasteiger partial charge in [0.25, 0.3) is 0 Å². The fraction of sp³-hybridized carbons (Fsp3) is 0. The Bertz CT molecular complexity index is 4630. The average Bonchev–Trinajstić information content (AvgIpc) is 4.00. The second-order valence-corrected chi connectivity index (χ2v) is 19.1. The molecule has 0 unspecified atom stereocenters. The lowest BCUT2D eigenvalue weighted by atomic mass is 9.88. The normalized spacial score (nSPS) is 11.8. The quantitative estimate of drug-likeness (QED) is 0.150. The van der Waals surface area contributed by atoms with Crippen molar-refractivity contribution in [1.29, 1.82) is 0 Å². The van der Waals surface area contributed by atoms with Gasteiger partial charge in [0, 0.05) is 55.0 Å². The summed E-state index contributed by atoms with van der Waals surface area (Å²) in [6.07, 6.45) is 0. The number of rotatable bonds is 7. The standard InChI is InChI=1S/C69H43N5/c1-4-18-45(19-5-1)67-70-68(46-20-6-2-7-21-46)72-69(71-67)61-43-49(42-60-54-26-11-10-24-52(54)53-25-12-13-29-57(53)66(60)61)44-32-36-51(37-33-44)74-63-31-17-15-28-56(63)59-41-48(35-39-65(59)74)47-34-38-64-58(40-47)55-27-14-16-30-62(55)73(64)50-22-8-3-9-23-50/h1-43H. The summed E-state index contributed by atoms with van der Waals surface area (Å²) in [7, 11) is 0. The lowest BCUT2D eigenvalue weighted by Crippen LogP contribution is -2.01. The summed E-state index contributed by atoms with van der Waals surface area (Å²) in [5.41, 5.74) is 14.4. The monoisotopic (exact) mass is 941 g/mol. The molecule has 0 bridgehead atoms. The van der Waals surface area contributed by atoms with E-state index in [4.69, 9.17) is 15.0 Å². The molecule has 5 nitrogen and oxygen atoms in total. The van der Waals surface area contributed by atoms with Gasteiger partial charge in [-0.25, -0.2) is 15.0 Å². The number of benzene rings is 12. The molecule has 3 aromatic heterocycles. The van der Waals surface area contributed by atoms with Crippen LogP contribution in [0.1, 0.15) is 0 Å². The van der Waals surface area contributed by atoms with Crippen molar-refractivity contribution in [2.75, 3.05) is 0 Å². The van der Waals surface area contributed by atoms with Crippen molar-refractivity contribution in [2.45, 2.75) is 0 Å². The van der Waals surface area contributed by atoms with E-state index in [-0.39, 0.29) is 0 Å². The lowest BCUT2D eigenvalue weighted by Gasteiger charge is -2.17. The molecule has 0 aliphatic heterocycles. The Morgan fingerprint density at radius 2 is 0.595 bits per heavy atom. The zero-order valence-corrected chi connectivity index (χ0v) is 40.1. The molecule has 0 N–H and O–H groups in total. The highest BCUT2D eigenvalue weighted by atomic mass is 15.0. The smallest absolute Gasteiger partial charge is 0.164 e. The second kappa shape index (κ2) is 16.8. The van der Waals surface area contributed by atoms with Crippen LogP contribution in [0.5, 0.6) is 0 Å². The van der Waals surface area contributed by atoms with Crippen molar-refractivity contribution in [1.82, 2.24) is 24.1 Å². The molecular formula is C69H43N5. The molecule has 74 heavy (non-hydrogen) atoms. The first-order valence-electron chi connectivity index (χ1n) is 25.2. The third-order valence-corrected chi connectivity index (χ3v) is 14.9. The molecule has 15 rings (SSSR count). The van der Waals surface area contributed by atoms with Crippen molar-refractivity contribution in [2.24, 2.45) is 0 Å². The fourth-order valence-electron chi connectivity index (χ4n) is 11.5. The van der Waals surface area contributed by atoms with Crippen LogP contribution in [-0.2, 0) is 0 Å². The van der Waals surface area contributed by atoms with E-state index in [1.807, 2.05) is 36.4 Å². The molecule has 0 radical (unpaired) electrons. The zero-order chi connectivity index (χ0) is 48.7. The van der Waals surface area contributed by atoms with E-state index in [1.54, 1.807) is 0 Å². The van der Waals surface area contributed by atoms with E-state index in [9.17, 15) is 0 Å². The number of nitrogens with zero attached hydrogens (tertiary/aromatic N) is 5. The highest BCUT2D eigenvalue weighted by Gasteiger charge is 2.21. The summed E-state index contributed by atoms with van der Waals surface area (Å²) >= 11 is 0. The lowest BCUT2D eigenvalue weighted by molar-refractivity contribution is 1.08. The van der Waals surface area contributed by atoms with E-state index in [0.29, 0.717) is 17.5 Å². The van der Waals surface area contributed by atoms with Gasteiger partial charge in [-0.3, -0.25) is 0 Å². The summed E-state index contributed by atoms with van der Waals surface area (Å²) in [5, 5.41) is 11.9. The molecule has 5 heteroatoms. The Balaban J connectivity index is 0.885. The van der Waals surface area contributed by atoms with E-state index in [0.717, 1.165) is 60.9 Å². The van der Waals surface area contributed by atoms with Gasteiger partial charge in [0.2, 0.25) is 0 Å². The summed E-state index contributed by atoms with van der Waals surface area (Å²) in [6.45, 7) is 0. The molecule has 0 spiro atoms. The molecule has 0 aliphatic carbocycles. The number of fused-ring (bicyclic) bond motifs is 12. The topological polar surface area (TPSA) is 48.5 Å². The maximum Gasteiger partial charge on any atom is 0.164 e. The van der Waals surface area contributed by atoms with Crippen molar-refractivity contribution in [3.63, 3.8) is 0 Å². The number of para-hydroxylation sites is 3. The Morgan fingerprint density at radius 3 is 1.14 bits per heavy atom. The maximum absolute atomic E-state index is 5.31. The minimum Gasteiger partial charge on any atom is -0.309 e. The summed E-state index contributed by atoms with van der Waals surface area (Å²) in [5.74, 6) is 1.90. The van der Waals surface area contributed by atoms with Gasteiger partial charge in [-0.15, -0.1) is 0 Å². The third kappa shape index (κ3) is 6.68. The number of hydrogen-bond acceptors (Lipinski definition) is 3. The first-order chi connectivity index (χ1) is 36.7. The van der Waals surface area contributed by atoms with Crippen LogP contribution < -0.4 is 0 Å².